The summed E-state index contributed by atoms with van der Waals surface area (Å²) < 4.78 is 0. The Morgan fingerprint density at radius 2 is 1.67 bits per heavy atom. The fourth-order valence-corrected chi connectivity index (χ4v) is 1.73. The van der Waals surface area contributed by atoms with E-state index in [-0.39, 0.29) is 0 Å². The summed E-state index contributed by atoms with van der Waals surface area (Å²) in [5, 5.41) is 3.50. The SMILES string of the molecule is C[N-]C.Cc1ccnc([N-][Si](C)(C)C)c1.[Cl][Zr+2][Cl]. The molecular weight excluding hydrogens is 364 g/mol. The molecule has 0 fully saturated rings. The van der Waals surface area contributed by atoms with Gasteiger partial charge in [-0.25, -0.2) is 0 Å². The number of hydrogen-bond donors (Lipinski definition) is 0. The van der Waals surface area contributed by atoms with Crippen LogP contribution in [0.1, 0.15) is 5.56 Å². The van der Waals surface area contributed by atoms with Crippen molar-refractivity contribution in [2.75, 3.05) is 14.1 Å². The van der Waals surface area contributed by atoms with Crippen molar-refractivity contribution in [1.29, 1.82) is 0 Å². The van der Waals surface area contributed by atoms with Gasteiger partial charge in [-0.2, -0.15) is 14.1 Å². The fraction of sp³-hybridized carbons (Fsp3) is 0.545. The first-order valence-electron chi connectivity index (χ1n) is 5.40. The van der Waals surface area contributed by atoms with Gasteiger partial charge in [0.1, 0.15) is 0 Å². The molecule has 0 saturated heterocycles. The van der Waals surface area contributed by atoms with Crippen LogP contribution in [0, 0.1) is 6.92 Å². The van der Waals surface area contributed by atoms with Gasteiger partial charge in [-0.05, 0) is 6.92 Å². The van der Waals surface area contributed by atoms with Crippen LogP contribution in [0.2, 0.25) is 19.6 Å². The summed E-state index contributed by atoms with van der Waals surface area (Å²) in [6.45, 7) is 8.68. The van der Waals surface area contributed by atoms with Crippen LogP contribution in [0.3, 0.4) is 0 Å². The Bertz CT molecular complexity index is 307. The summed E-state index contributed by atoms with van der Waals surface area (Å²) in [5.41, 5.74) is 1.22. The molecule has 0 saturated carbocycles. The Morgan fingerprint density at radius 1 is 1.22 bits per heavy atom. The van der Waals surface area contributed by atoms with Crippen molar-refractivity contribution in [2.24, 2.45) is 0 Å². The van der Waals surface area contributed by atoms with E-state index in [4.69, 9.17) is 17.0 Å². The van der Waals surface area contributed by atoms with E-state index >= 15 is 0 Å². The molecule has 0 N–H and O–H groups in total. The molecule has 1 heterocycles. The molecule has 0 aliphatic rings. The number of halogens is 2. The summed E-state index contributed by atoms with van der Waals surface area (Å²) in [6, 6.07) is 4.02. The summed E-state index contributed by atoms with van der Waals surface area (Å²) in [4.78, 5) is 8.77. The molecule has 7 heteroatoms. The molecule has 0 aliphatic carbocycles. The van der Waals surface area contributed by atoms with Gasteiger partial charge in [0.05, 0.1) is 0 Å². The number of nitrogens with zero attached hydrogens (tertiary/aromatic N) is 3. The maximum atomic E-state index is 4.93. The Morgan fingerprint density at radius 3 is 2.00 bits per heavy atom. The van der Waals surface area contributed by atoms with E-state index in [1.807, 2.05) is 18.3 Å². The van der Waals surface area contributed by atoms with Gasteiger partial charge in [-0.1, -0.05) is 49.4 Å². The second kappa shape index (κ2) is 12.6. The standard InChI is InChI=1S/C9H15N2Si.C2H6N.2ClH.Zr/c1-8-5-6-10-9(7-8)11-12(2,3)4;1-3-2;;;/h5-7H,1-4H3;1-2H3;2*1H;/q2*-1;;;+4/p-2. The number of aromatic nitrogens is 1. The second-order valence-corrected chi connectivity index (χ2v) is 12.8. The van der Waals surface area contributed by atoms with Crippen LogP contribution >= 0.6 is 17.0 Å². The van der Waals surface area contributed by atoms with Crippen molar-refractivity contribution in [3.8, 4) is 0 Å². The summed E-state index contributed by atoms with van der Waals surface area (Å²) in [5.74, 6) is 0.883. The van der Waals surface area contributed by atoms with Gasteiger partial charge in [-0.3, -0.25) is 0 Å². The molecule has 0 aliphatic heterocycles. The minimum atomic E-state index is -1.36. The Balaban J connectivity index is 0. The van der Waals surface area contributed by atoms with Gasteiger partial charge >= 0.3 is 37.9 Å². The summed E-state index contributed by atoms with van der Waals surface area (Å²) >= 11 is -0.826. The molecule has 0 atom stereocenters. The zero-order chi connectivity index (χ0) is 14.6. The molecule has 18 heavy (non-hydrogen) atoms. The fourth-order valence-electron chi connectivity index (χ4n) is 0.925. The molecule has 1 aromatic heterocycles. The van der Waals surface area contributed by atoms with Gasteiger partial charge in [0.25, 0.3) is 0 Å². The number of rotatable bonds is 2. The molecule has 0 radical (unpaired) electrons. The summed E-state index contributed by atoms with van der Waals surface area (Å²) in [6.07, 6.45) is 1.81. The molecular formula is C11H21Cl2N3SiZr. The Hall–Kier alpha value is 0.590. The molecule has 0 spiro atoms. The van der Waals surface area contributed by atoms with E-state index in [0.29, 0.717) is 0 Å². The van der Waals surface area contributed by atoms with Crippen LogP contribution in [0.4, 0.5) is 5.82 Å². The van der Waals surface area contributed by atoms with Crippen LogP contribution in [-0.2, 0) is 20.8 Å². The molecule has 0 bridgehead atoms. The van der Waals surface area contributed by atoms with Gasteiger partial charge in [0, 0.05) is 8.24 Å². The topological polar surface area (TPSA) is 41.1 Å². The maximum absolute atomic E-state index is 4.93. The number of pyridine rings is 1. The molecule has 0 unspecified atom stereocenters. The second-order valence-electron chi connectivity index (χ2n) is 4.49. The predicted octanol–water partition coefficient (Wildman–Crippen LogP) is 5.23. The minimum absolute atomic E-state index is 0.826. The molecule has 0 aromatic carbocycles. The average Bonchev–Trinajstić information content (AvgIpc) is 2.16. The zero-order valence-electron chi connectivity index (χ0n) is 11.8. The van der Waals surface area contributed by atoms with Crippen molar-refractivity contribution in [2.45, 2.75) is 26.6 Å². The van der Waals surface area contributed by atoms with Crippen LogP contribution < -0.4 is 0 Å². The van der Waals surface area contributed by atoms with Crippen LogP contribution in [0.5, 0.6) is 0 Å². The van der Waals surface area contributed by atoms with Crippen LogP contribution in [0.15, 0.2) is 18.3 Å². The van der Waals surface area contributed by atoms with Crippen molar-refractivity contribution >= 4 is 31.1 Å². The van der Waals surface area contributed by atoms with E-state index in [9.17, 15) is 0 Å². The third-order valence-electron chi connectivity index (χ3n) is 1.35. The van der Waals surface area contributed by atoms with Gasteiger partial charge in [-0.15, -0.1) is 0 Å². The van der Waals surface area contributed by atoms with Crippen LogP contribution in [0.25, 0.3) is 10.3 Å². The van der Waals surface area contributed by atoms with E-state index < -0.39 is 29.1 Å². The molecule has 0 amide bonds. The van der Waals surface area contributed by atoms with Gasteiger partial charge in [0.2, 0.25) is 0 Å². The van der Waals surface area contributed by atoms with Crippen LogP contribution in [-0.4, -0.2) is 27.3 Å². The molecule has 1 aromatic rings. The number of hydrogen-bond acceptors (Lipinski definition) is 1. The van der Waals surface area contributed by atoms with Crippen molar-refractivity contribution in [3.05, 3.63) is 34.2 Å². The van der Waals surface area contributed by atoms with E-state index in [0.717, 1.165) is 5.82 Å². The van der Waals surface area contributed by atoms with E-state index in [1.54, 1.807) is 14.1 Å². The van der Waals surface area contributed by atoms with Gasteiger partial charge < -0.3 is 15.3 Å². The van der Waals surface area contributed by atoms with Crippen molar-refractivity contribution in [3.63, 3.8) is 0 Å². The zero-order valence-corrected chi connectivity index (χ0v) is 16.8. The Kier molecular flexibility index (Phi) is 14.6. The first-order chi connectivity index (χ1) is 8.30. The predicted molar refractivity (Wildman–Crippen MR) is 82.3 cm³/mol. The Labute approximate surface area is 131 Å². The first-order valence-corrected chi connectivity index (χ1v) is 15.2. The summed E-state index contributed by atoms with van der Waals surface area (Å²) in [7, 11) is 12.0. The van der Waals surface area contributed by atoms with Gasteiger partial charge in [0.15, 0.2) is 0 Å². The average molecular weight is 386 g/mol. The van der Waals surface area contributed by atoms with Crippen molar-refractivity contribution < 1.29 is 20.8 Å². The van der Waals surface area contributed by atoms with E-state index in [1.165, 1.54) is 5.56 Å². The van der Waals surface area contributed by atoms with Crippen molar-refractivity contribution in [1.82, 2.24) is 4.98 Å². The third-order valence-corrected chi connectivity index (χ3v) is 2.25. The molecule has 102 valence electrons. The monoisotopic (exact) mass is 383 g/mol. The normalized spacial score (nSPS) is 9.11. The number of aryl methyl sites for hydroxylation is 1. The first kappa shape index (κ1) is 20.9. The third kappa shape index (κ3) is 16.6. The molecule has 3 nitrogen and oxygen atoms in total. The molecule has 1 rings (SSSR count). The quantitative estimate of drug-likeness (QED) is 0.643. The van der Waals surface area contributed by atoms with E-state index in [2.05, 4.69) is 41.8 Å².